The number of benzene rings is 1. The van der Waals surface area contributed by atoms with Gasteiger partial charge in [-0.05, 0) is 46.7 Å². The first-order valence-electron chi connectivity index (χ1n) is 7.29. The van der Waals surface area contributed by atoms with Crippen molar-refractivity contribution in [3.8, 4) is 17.5 Å². The van der Waals surface area contributed by atoms with Crippen LogP contribution in [0.15, 0.2) is 47.3 Å². The minimum absolute atomic E-state index is 0.0719. The van der Waals surface area contributed by atoms with Crippen LogP contribution in [0, 0.1) is 5.82 Å². The number of thiophene rings is 1. The topological polar surface area (TPSA) is 73.3 Å². The zero-order chi connectivity index (χ0) is 17.6. The van der Waals surface area contributed by atoms with Crippen molar-refractivity contribution in [3.05, 3.63) is 58.7 Å². The Bertz CT molecular complexity index is 854. The SMILES string of the molecule is COc1ccc(Oc2ncc(F)c(NC(=O)Cc3ccsc3)n2)cc1. The molecule has 128 valence electrons. The molecule has 25 heavy (non-hydrogen) atoms. The molecule has 0 fully saturated rings. The van der Waals surface area contributed by atoms with Gasteiger partial charge in [-0.3, -0.25) is 4.79 Å². The highest BCUT2D eigenvalue weighted by Crippen LogP contribution is 2.23. The normalized spacial score (nSPS) is 10.3. The lowest BCUT2D eigenvalue weighted by Gasteiger charge is -2.08. The molecule has 2 heterocycles. The van der Waals surface area contributed by atoms with Crippen molar-refractivity contribution in [1.82, 2.24) is 9.97 Å². The third-order valence-electron chi connectivity index (χ3n) is 3.19. The Balaban J connectivity index is 1.69. The van der Waals surface area contributed by atoms with E-state index in [9.17, 15) is 9.18 Å². The quantitative estimate of drug-likeness (QED) is 0.727. The van der Waals surface area contributed by atoms with Crippen LogP contribution in [0.3, 0.4) is 0 Å². The number of rotatable bonds is 6. The van der Waals surface area contributed by atoms with Gasteiger partial charge in [-0.25, -0.2) is 9.37 Å². The summed E-state index contributed by atoms with van der Waals surface area (Å²) in [5.74, 6) is -0.192. The maximum absolute atomic E-state index is 13.8. The molecule has 0 bridgehead atoms. The Hall–Kier alpha value is -3.00. The van der Waals surface area contributed by atoms with Gasteiger partial charge < -0.3 is 14.8 Å². The molecule has 1 amide bonds. The third-order valence-corrected chi connectivity index (χ3v) is 3.93. The molecule has 0 aliphatic rings. The maximum Gasteiger partial charge on any atom is 0.324 e. The number of carbonyl (C=O) groups excluding carboxylic acids is 1. The van der Waals surface area contributed by atoms with Crippen molar-refractivity contribution in [3.63, 3.8) is 0 Å². The van der Waals surface area contributed by atoms with Crippen LogP contribution in [0.25, 0.3) is 0 Å². The number of amides is 1. The predicted molar refractivity (Wildman–Crippen MR) is 91.7 cm³/mol. The Labute approximate surface area is 147 Å². The van der Waals surface area contributed by atoms with Gasteiger partial charge in [0.05, 0.1) is 19.7 Å². The molecule has 0 aliphatic carbocycles. The van der Waals surface area contributed by atoms with Gasteiger partial charge in [-0.1, -0.05) is 0 Å². The fourth-order valence-corrected chi connectivity index (χ4v) is 2.66. The third kappa shape index (κ3) is 4.51. The number of hydrogen-bond acceptors (Lipinski definition) is 6. The van der Waals surface area contributed by atoms with E-state index in [0.29, 0.717) is 11.5 Å². The standard InChI is InChI=1S/C17H14FN3O3S/c1-23-12-2-4-13(5-3-12)24-17-19-9-14(18)16(21-17)20-15(22)8-11-6-7-25-10-11/h2-7,9-10H,8H2,1H3,(H,19,20,21,22). The van der Waals surface area contributed by atoms with Gasteiger partial charge in [0.25, 0.3) is 0 Å². The second kappa shape index (κ2) is 7.71. The number of ether oxygens (including phenoxy) is 2. The molecule has 0 radical (unpaired) electrons. The van der Waals surface area contributed by atoms with E-state index >= 15 is 0 Å². The van der Waals surface area contributed by atoms with Gasteiger partial charge in [-0.15, -0.1) is 0 Å². The van der Waals surface area contributed by atoms with Gasteiger partial charge >= 0.3 is 6.01 Å². The predicted octanol–water partition coefficient (Wildman–Crippen LogP) is 3.66. The summed E-state index contributed by atoms with van der Waals surface area (Å²) in [5, 5.41) is 6.16. The van der Waals surface area contributed by atoms with Crippen LogP contribution in [-0.2, 0) is 11.2 Å². The summed E-state index contributed by atoms with van der Waals surface area (Å²) < 4.78 is 24.4. The number of nitrogens with zero attached hydrogens (tertiary/aromatic N) is 2. The lowest BCUT2D eigenvalue weighted by atomic mass is 10.2. The molecule has 3 aromatic rings. The molecule has 1 aromatic carbocycles. The minimum atomic E-state index is -0.735. The van der Waals surface area contributed by atoms with Crippen molar-refractivity contribution in [2.45, 2.75) is 6.42 Å². The molecule has 2 aromatic heterocycles. The first kappa shape index (κ1) is 16.8. The van der Waals surface area contributed by atoms with Gasteiger partial charge in [0, 0.05) is 0 Å². The largest absolute Gasteiger partial charge is 0.497 e. The summed E-state index contributed by atoms with van der Waals surface area (Å²) in [6.07, 6.45) is 1.09. The molecule has 0 saturated carbocycles. The van der Waals surface area contributed by atoms with Gasteiger partial charge in [-0.2, -0.15) is 16.3 Å². The molecule has 0 unspecified atom stereocenters. The zero-order valence-electron chi connectivity index (χ0n) is 13.2. The number of aromatic nitrogens is 2. The van der Waals surface area contributed by atoms with Crippen molar-refractivity contribution >= 4 is 23.1 Å². The van der Waals surface area contributed by atoms with Crippen molar-refractivity contribution in [1.29, 1.82) is 0 Å². The Kier molecular flexibility index (Phi) is 5.20. The second-order valence-electron chi connectivity index (χ2n) is 4.98. The van der Waals surface area contributed by atoms with Gasteiger partial charge in [0.2, 0.25) is 5.91 Å². The van der Waals surface area contributed by atoms with E-state index in [-0.39, 0.29) is 24.2 Å². The van der Waals surface area contributed by atoms with E-state index in [0.717, 1.165) is 11.8 Å². The second-order valence-corrected chi connectivity index (χ2v) is 5.76. The minimum Gasteiger partial charge on any atom is -0.497 e. The molecule has 8 heteroatoms. The van der Waals surface area contributed by atoms with E-state index in [4.69, 9.17) is 9.47 Å². The monoisotopic (exact) mass is 359 g/mol. The lowest BCUT2D eigenvalue weighted by molar-refractivity contribution is -0.115. The maximum atomic E-state index is 13.8. The lowest BCUT2D eigenvalue weighted by Crippen LogP contribution is -2.16. The molecule has 0 spiro atoms. The number of anilines is 1. The molecule has 6 nitrogen and oxygen atoms in total. The van der Waals surface area contributed by atoms with Gasteiger partial charge in [0.15, 0.2) is 11.6 Å². The summed E-state index contributed by atoms with van der Waals surface area (Å²) in [7, 11) is 1.56. The highest BCUT2D eigenvalue weighted by molar-refractivity contribution is 7.08. The van der Waals surface area contributed by atoms with Crippen LogP contribution >= 0.6 is 11.3 Å². The first-order valence-corrected chi connectivity index (χ1v) is 8.23. The number of nitrogens with one attached hydrogen (secondary N) is 1. The highest BCUT2D eigenvalue weighted by atomic mass is 32.1. The molecule has 0 saturated heterocycles. The molecular formula is C17H14FN3O3S. The molecular weight excluding hydrogens is 345 g/mol. The van der Waals surface area contributed by atoms with E-state index in [2.05, 4.69) is 15.3 Å². The molecule has 0 aliphatic heterocycles. The summed E-state index contributed by atoms with van der Waals surface area (Å²) in [4.78, 5) is 19.7. The summed E-state index contributed by atoms with van der Waals surface area (Å²) in [6.45, 7) is 0. The Morgan fingerprint density at radius 1 is 1.24 bits per heavy atom. The van der Waals surface area contributed by atoms with Crippen molar-refractivity contribution < 1.29 is 18.7 Å². The fraction of sp³-hybridized carbons (Fsp3) is 0.118. The number of halogens is 1. The van der Waals surface area contributed by atoms with E-state index in [1.807, 2.05) is 16.8 Å². The summed E-state index contributed by atoms with van der Waals surface area (Å²) in [5.41, 5.74) is 0.853. The fourth-order valence-electron chi connectivity index (χ4n) is 1.99. The van der Waals surface area contributed by atoms with Crippen LogP contribution in [0.5, 0.6) is 17.5 Å². The van der Waals surface area contributed by atoms with E-state index in [1.54, 1.807) is 31.4 Å². The summed E-state index contributed by atoms with van der Waals surface area (Å²) >= 11 is 1.49. The summed E-state index contributed by atoms with van der Waals surface area (Å²) in [6, 6.07) is 8.52. The highest BCUT2D eigenvalue weighted by Gasteiger charge is 2.12. The molecule has 3 rings (SSSR count). The van der Waals surface area contributed by atoms with Crippen molar-refractivity contribution in [2.75, 3.05) is 12.4 Å². The van der Waals surface area contributed by atoms with E-state index < -0.39 is 5.82 Å². The van der Waals surface area contributed by atoms with E-state index in [1.165, 1.54) is 11.3 Å². The zero-order valence-corrected chi connectivity index (χ0v) is 14.0. The average molecular weight is 359 g/mol. The first-order chi connectivity index (χ1) is 12.1. The Morgan fingerprint density at radius 2 is 2.00 bits per heavy atom. The van der Waals surface area contributed by atoms with Crippen LogP contribution in [0.4, 0.5) is 10.2 Å². The molecule has 0 atom stereocenters. The van der Waals surface area contributed by atoms with Gasteiger partial charge in [0.1, 0.15) is 11.5 Å². The average Bonchev–Trinajstić information content (AvgIpc) is 3.11. The molecule has 1 N–H and O–H groups in total. The van der Waals surface area contributed by atoms with Crippen molar-refractivity contribution in [2.24, 2.45) is 0 Å². The smallest absolute Gasteiger partial charge is 0.324 e. The van der Waals surface area contributed by atoms with Crippen LogP contribution in [0.2, 0.25) is 0 Å². The number of carbonyl (C=O) groups is 1. The number of hydrogen-bond donors (Lipinski definition) is 1. The van der Waals surface area contributed by atoms with Crippen LogP contribution in [0.1, 0.15) is 5.56 Å². The van der Waals surface area contributed by atoms with Crippen LogP contribution < -0.4 is 14.8 Å². The number of methoxy groups -OCH3 is 1. The Morgan fingerprint density at radius 3 is 2.68 bits per heavy atom. The van der Waals surface area contributed by atoms with Crippen LogP contribution in [-0.4, -0.2) is 23.0 Å².